The summed E-state index contributed by atoms with van der Waals surface area (Å²) in [4.78, 5) is 32.0. The molecule has 1 aliphatic rings. The van der Waals surface area contributed by atoms with Crippen LogP contribution in [0.4, 0.5) is 0 Å². The van der Waals surface area contributed by atoms with Gasteiger partial charge in [-0.1, -0.05) is 23.7 Å². The highest BCUT2D eigenvalue weighted by molar-refractivity contribution is 7.17. The summed E-state index contributed by atoms with van der Waals surface area (Å²) < 4.78 is 6.55. The Morgan fingerprint density at radius 2 is 2.08 bits per heavy atom. The number of thiophene rings is 1. The average Bonchev–Trinajstić information content (AvgIpc) is 3.02. The number of ether oxygens (including phenoxy) is 1. The van der Waals surface area contributed by atoms with Crippen molar-refractivity contribution in [2.45, 2.75) is 12.6 Å². The highest BCUT2D eigenvalue weighted by Crippen LogP contribution is 2.31. The number of rotatable bonds is 4. The van der Waals surface area contributed by atoms with Crippen LogP contribution in [0.25, 0.3) is 21.3 Å². The van der Waals surface area contributed by atoms with Crippen LogP contribution in [0.2, 0.25) is 5.02 Å². The highest BCUT2D eigenvalue weighted by atomic mass is 35.5. The van der Waals surface area contributed by atoms with Crippen molar-refractivity contribution in [3.63, 3.8) is 0 Å². The summed E-state index contributed by atoms with van der Waals surface area (Å²) in [6.07, 6.45) is 1.53. The molecule has 1 aromatic carbocycles. The lowest BCUT2D eigenvalue weighted by Gasteiger charge is -2.38. The number of hydrogen-bond donors (Lipinski definition) is 0. The lowest BCUT2D eigenvalue weighted by molar-refractivity contribution is -0.143. The summed E-state index contributed by atoms with van der Waals surface area (Å²) in [6, 6.07) is 7.32. The van der Waals surface area contributed by atoms with Gasteiger partial charge in [0.15, 0.2) is 0 Å². The Bertz CT molecular complexity index is 1020. The number of hydrogen-bond acceptors (Lipinski definition) is 5. The summed E-state index contributed by atoms with van der Waals surface area (Å²) in [5.41, 5.74) is 1.50. The van der Waals surface area contributed by atoms with E-state index in [2.05, 4.69) is 4.98 Å². The second kappa shape index (κ2) is 6.83. The molecule has 0 radical (unpaired) electrons. The fraction of sp³-hybridized carbons (Fsp3) is 0.278. The molecule has 1 aliphatic heterocycles. The van der Waals surface area contributed by atoms with Gasteiger partial charge in [0, 0.05) is 36.2 Å². The Balaban J connectivity index is 1.66. The van der Waals surface area contributed by atoms with Crippen LogP contribution >= 0.6 is 22.9 Å². The molecule has 0 aliphatic carbocycles. The maximum Gasteiger partial charge on any atom is 0.263 e. The van der Waals surface area contributed by atoms with Gasteiger partial charge in [0.25, 0.3) is 5.56 Å². The van der Waals surface area contributed by atoms with Gasteiger partial charge in [-0.2, -0.15) is 0 Å². The van der Waals surface area contributed by atoms with Crippen molar-refractivity contribution in [2.24, 2.45) is 0 Å². The summed E-state index contributed by atoms with van der Waals surface area (Å²) in [7, 11) is 1.63. The van der Waals surface area contributed by atoms with Crippen molar-refractivity contribution in [1.29, 1.82) is 0 Å². The van der Waals surface area contributed by atoms with Gasteiger partial charge in [0.1, 0.15) is 11.4 Å². The van der Waals surface area contributed by atoms with Gasteiger partial charge in [-0.25, -0.2) is 4.98 Å². The van der Waals surface area contributed by atoms with Gasteiger partial charge < -0.3 is 9.64 Å². The fourth-order valence-corrected chi connectivity index (χ4v) is 3.99. The molecule has 0 saturated carbocycles. The molecular formula is C18H16ClN3O3S. The first-order chi connectivity index (χ1) is 12.6. The standard InChI is InChI=1S/C18H16ClN3O3S/c1-25-13-6-21(7-13)15(23)8-22-10-20-17-16(18(22)24)14(9-26-17)11-2-4-12(19)5-3-11/h2-5,9-10,13H,6-8H2,1H3. The number of halogens is 1. The zero-order chi connectivity index (χ0) is 18.3. The van der Waals surface area contributed by atoms with E-state index in [9.17, 15) is 9.59 Å². The van der Waals surface area contributed by atoms with Gasteiger partial charge in [-0.05, 0) is 17.7 Å². The van der Waals surface area contributed by atoms with E-state index in [-0.39, 0.29) is 24.1 Å². The van der Waals surface area contributed by atoms with Crippen molar-refractivity contribution < 1.29 is 9.53 Å². The molecule has 1 fully saturated rings. The maximum absolute atomic E-state index is 12.9. The number of benzene rings is 1. The largest absolute Gasteiger partial charge is 0.378 e. The van der Waals surface area contributed by atoms with E-state index in [1.807, 2.05) is 17.5 Å². The molecule has 134 valence electrons. The van der Waals surface area contributed by atoms with E-state index in [1.54, 1.807) is 24.1 Å². The molecule has 3 heterocycles. The molecule has 1 saturated heterocycles. The van der Waals surface area contributed by atoms with E-state index in [0.717, 1.165) is 11.1 Å². The number of methoxy groups -OCH3 is 1. The Labute approximate surface area is 158 Å². The normalized spacial score (nSPS) is 14.6. The van der Waals surface area contributed by atoms with Crippen LogP contribution < -0.4 is 5.56 Å². The Morgan fingerprint density at radius 1 is 1.35 bits per heavy atom. The second-order valence-electron chi connectivity index (χ2n) is 6.17. The molecule has 1 amide bonds. The van der Waals surface area contributed by atoms with Crippen molar-refractivity contribution in [1.82, 2.24) is 14.5 Å². The zero-order valence-electron chi connectivity index (χ0n) is 14.0. The molecule has 3 aromatic rings. The van der Waals surface area contributed by atoms with Crippen LogP contribution in [0.5, 0.6) is 0 Å². The number of aromatic nitrogens is 2. The van der Waals surface area contributed by atoms with Gasteiger partial charge in [0.05, 0.1) is 17.8 Å². The molecule has 8 heteroatoms. The summed E-state index contributed by atoms with van der Waals surface area (Å²) in [5.74, 6) is -0.107. The second-order valence-corrected chi connectivity index (χ2v) is 7.47. The van der Waals surface area contributed by atoms with E-state index in [1.165, 1.54) is 22.2 Å². The third-order valence-electron chi connectivity index (χ3n) is 4.56. The number of amides is 1. The highest BCUT2D eigenvalue weighted by Gasteiger charge is 2.30. The lowest BCUT2D eigenvalue weighted by Crippen LogP contribution is -2.55. The number of nitrogens with zero attached hydrogens (tertiary/aromatic N) is 3. The van der Waals surface area contributed by atoms with E-state index in [0.29, 0.717) is 28.3 Å². The third-order valence-corrected chi connectivity index (χ3v) is 5.69. The van der Waals surface area contributed by atoms with Crippen LogP contribution in [0, 0.1) is 0 Å². The number of carbonyl (C=O) groups excluding carboxylic acids is 1. The third kappa shape index (κ3) is 3.02. The minimum atomic E-state index is -0.210. The van der Waals surface area contributed by atoms with E-state index >= 15 is 0 Å². The first-order valence-electron chi connectivity index (χ1n) is 8.10. The maximum atomic E-state index is 12.9. The van der Waals surface area contributed by atoms with Crippen LogP contribution in [0.15, 0.2) is 40.8 Å². The number of carbonyl (C=O) groups is 1. The smallest absolute Gasteiger partial charge is 0.263 e. The Kier molecular flexibility index (Phi) is 4.52. The number of fused-ring (bicyclic) bond motifs is 1. The summed E-state index contributed by atoms with van der Waals surface area (Å²) in [6.45, 7) is 1.11. The molecule has 6 nitrogen and oxygen atoms in total. The first kappa shape index (κ1) is 17.2. The van der Waals surface area contributed by atoms with Crippen molar-refractivity contribution in [2.75, 3.05) is 20.2 Å². The SMILES string of the molecule is COC1CN(C(=O)Cn2cnc3scc(-c4ccc(Cl)cc4)c3c2=O)C1. The summed E-state index contributed by atoms with van der Waals surface area (Å²) >= 11 is 7.36. The molecule has 26 heavy (non-hydrogen) atoms. The van der Waals surface area contributed by atoms with Crippen LogP contribution in [-0.2, 0) is 16.1 Å². The zero-order valence-corrected chi connectivity index (χ0v) is 15.6. The Hall–Kier alpha value is -2.22. The van der Waals surface area contributed by atoms with Crippen molar-refractivity contribution >= 4 is 39.1 Å². The van der Waals surface area contributed by atoms with Gasteiger partial charge in [-0.3, -0.25) is 14.2 Å². The molecular weight excluding hydrogens is 374 g/mol. The molecule has 0 bridgehead atoms. The number of likely N-dealkylation sites (tertiary alicyclic amines) is 1. The monoisotopic (exact) mass is 389 g/mol. The van der Waals surface area contributed by atoms with Crippen LogP contribution in [0.3, 0.4) is 0 Å². The minimum absolute atomic E-state index is 0.0197. The van der Waals surface area contributed by atoms with Gasteiger partial charge in [0.2, 0.25) is 5.91 Å². The van der Waals surface area contributed by atoms with Gasteiger partial charge in [-0.15, -0.1) is 11.3 Å². The molecule has 2 aromatic heterocycles. The fourth-order valence-electron chi connectivity index (χ4n) is 2.96. The first-order valence-corrected chi connectivity index (χ1v) is 9.35. The predicted molar refractivity (Wildman–Crippen MR) is 102 cm³/mol. The topological polar surface area (TPSA) is 64.4 Å². The van der Waals surface area contributed by atoms with Crippen molar-refractivity contribution in [3.8, 4) is 11.1 Å². The lowest BCUT2D eigenvalue weighted by atomic mass is 10.1. The predicted octanol–water partition coefficient (Wildman–Crippen LogP) is 2.64. The van der Waals surface area contributed by atoms with Crippen LogP contribution in [-0.4, -0.2) is 46.7 Å². The van der Waals surface area contributed by atoms with E-state index in [4.69, 9.17) is 16.3 Å². The van der Waals surface area contributed by atoms with Gasteiger partial charge >= 0.3 is 0 Å². The Morgan fingerprint density at radius 3 is 2.77 bits per heavy atom. The molecule has 0 atom stereocenters. The van der Waals surface area contributed by atoms with Crippen LogP contribution in [0.1, 0.15) is 0 Å². The molecule has 4 rings (SSSR count). The molecule has 0 unspecified atom stereocenters. The molecule has 0 spiro atoms. The summed E-state index contributed by atoms with van der Waals surface area (Å²) in [5, 5.41) is 3.08. The molecule has 0 N–H and O–H groups in total. The minimum Gasteiger partial charge on any atom is -0.378 e. The average molecular weight is 390 g/mol. The quantitative estimate of drug-likeness (QED) is 0.688. The van der Waals surface area contributed by atoms with Crippen molar-refractivity contribution in [3.05, 3.63) is 51.3 Å². The van der Waals surface area contributed by atoms with E-state index < -0.39 is 0 Å².